The van der Waals surface area contributed by atoms with Gasteiger partial charge in [0, 0.05) is 22.9 Å². The number of aryl methyl sites for hydroxylation is 1. The van der Waals surface area contributed by atoms with Gasteiger partial charge in [0.1, 0.15) is 17.4 Å². The predicted molar refractivity (Wildman–Crippen MR) is 92.8 cm³/mol. The van der Waals surface area contributed by atoms with Crippen LogP contribution in [0.15, 0.2) is 42.7 Å². The molecule has 0 fully saturated rings. The maximum absolute atomic E-state index is 9.10. The standard InChI is InChI=1S/C18H15ClN4O/c1-12-7-14(9-15(8-12)24-2)18-16(11-22-23(18)6-5-20)13-3-4-17(19)21-10-13/h3-4,7-11H,6H2,1-2H3. The molecule has 2 heterocycles. The fraction of sp³-hybridized carbons (Fsp3) is 0.167. The van der Waals surface area contributed by atoms with Gasteiger partial charge in [-0.2, -0.15) is 10.4 Å². The van der Waals surface area contributed by atoms with E-state index in [2.05, 4.69) is 16.2 Å². The van der Waals surface area contributed by atoms with Crippen LogP contribution in [-0.4, -0.2) is 21.9 Å². The Hall–Kier alpha value is -2.84. The molecule has 0 aliphatic carbocycles. The molecule has 0 radical (unpaired) electrons. The number of nitriles is 1. The molecule has 0 saturated carbocycles. The average Bonchev–Trinajstić information content (AvgIpc) is 2.99. The van der Waals surface area contributed by atoms with E-state index in [0.29, 0.717) is 5.15 Å². The molecule has 2 aromatic heterocycles. The minimum absolute atomic E-state index is 0.159. The highest BCUT2D eigenvalue weighted by molar-refractivity contribution is 6.29. The number of pyridine rings is 1. The Labute approximate surface area is 145 Å². The number of benzene rings is 1. The van der Waals surface area contributed by atoms with Crippen molar-refractivity contribution < 1.29 is 4.74 Å². The first-order chi connectivity index (χ1) is 11.6. The summed E-state index contributed by atoms with van der Waals surface area (Å²) in [6, 6.07) is 11.7. The molecule has 0 spiro atoms. The van der Waals surface area contributed by atoms with E-state index in [1.165, 1.54) is 0 Å². The molecule has 0 saturated heterocycles. The molecule has 0 bridgehead atoms. The van der Waals surface area contributed by atoms with E-state index < -0.39 is 0 Å². The normalized spacial score (nSPS) is 10.4. The molecule has 0 aliphatic rings. The van der Waals surface area contributed by atoms with Gasteiger partial charge in [0.2, 0.25) is 0 Å². The third kappa shape index (κ3) is 3.10. The zero-order chi connectivity index (χ0) is 17.1. The van der Waals surface area contributed by atoms with Gasteiger partial charge in [0.15, 0.2) is 0 Å². The van der Waals surface area contributed by atoms with Crippen LogP contribution in [0.3, 0.4) is 0 Å². The molecule has 120 valence electrons. The van der Waals surface area contributed by atoms with Gasteiger partial charge in [-0.15, -0.1) is 0 Å². The summed E-state index contributed by atoms with van der Waals surface area (Å²) < 4.78 is 7.05. The van der Waals surface area contributed by atoms with Crippen LogP contribution in [-0.2, 0) is 6.54 Å². The van der Waals surface area contributed by atoms with Gasteiger partial charge in [-0.25, -0.2) is 4.98 Å². The zero-order valence-electron chi connectivity index (χ0n) is 13.3. The van der Waals surface area contributed by atoms with E-state index in [1.807, 2.05) is 31.2 Å². The van der Waals surface area contributed by atoms with E-state index in [0.717, 1.165) is 33.7 Å². The number of halogens is 1. The van der Waals surface area contributed by atoms with E-state index in [4.69, 9.17) is 21.6 Å². The zero-order valence-corrected chi connectivity index (χ0v) is 14.1. The molecule has 0 atom stereocenters. The Kier molecular flexibility index (Phi) is 4.50. The molecule has 3 rings (SSSR count). The van der Waals surface area contributed by atoms with Crippen molar-refractivity contribution in [2.75, 3.05) is 7.11 Å². The molecule has 24 heavy (non-hydrogen) atoms. The molecule has 1 aromatic carbocycles. The van der Waals surface area contributed by atoms with Crippen LogP contribution in [0.1, 0.15) is 5.56 Å². The second kappa shape index (κ2) is 6.73. The van der Waals surface area contributed by atoms with Crippen LogP contribution in [0.4, 0.5) is 0 Å². The smallest absolute Gasteiger partial charge is 0.129 e. The van der Waals surface area contributed by atoms with E-state index in [1.54, 1.807) is 30.3 Å². The largest absolute Gasteiger partial charge is 0.497 e. The van der Waals surface area contributed by atoms with Gasteiger partial charge >= 0.3 is 0 Å². The van der Waals surface area contributed by atoms with Gasteiger partial charge < -0.3 is 4.74 Å². The highest BCUT2D eigenvalue weighted by Gasteiger charge is 2.16. The third-order valence-electron chi connectivity index (χ3n) is 3.66. The lowest BCUT2D eigenvalue weighted by atomic mass is 10.0. The summed E-state index contributed by atoms with van der Waals surface area (Å²) in [5.74, 6) is 0.759. The van der Waals surface area contributed by atoms with E-state index in [9.17, 15) is 0 Å². The van der Waals surface area contributed by atoms with E-state index >= 15 is 0 Å². The van der Waals surface area contributed by atoms with Crippen molar-refractivity contribution in [1.29, 1.82) is 5.26 Å². The minimum Gasteiger partial charge on any atom is -0.497 e. The van der Waals surface area contributed by atoms with Gasteiger partial charge in [0.05, 0.1) is 25.1 Å². The second-order valence-corrected chi connectivity index (χ2v) is 5.72. The SMILES string of the molecule is COc1cc(C)cc(-c2c(-c3ccc(Cl)nc3)cnn2CC#N)c1. The van der Waals surface area contributed by atoms with Gasteiger partial charge in [-0.3, -0.25) is 4.68 Å². The molecule has 6 heteroatoms. The Bertz CT molecular complexity index is 910. The summed E-state index contributed by atoms with van der Waals surface area (Å²) in [5, 5.41) is 13.9. The van der Waals surface area contributed by atoms with Crippen LogP contribution in [0.2, 0.25) is 5.15 Å². The van der Waals surface area contributed by atoms with Crippen molar-refractivity contribution in [2.45, 2.75) is 13.5 Å². The molecule has 0 aliphatic heterocycles. The van der Waals surface area contributed by atoms with Crippen molar-refractivity contribution >= 4 is 11.6 Å². The maximum Gasteiger partial charge on any atom is 0.129 e. The Morgan fingerprint density at radius 1 is 1.21 bits per heavy atom. The number of nitrogens with zero attached hydrogens (tertiary/aromatic N) is 4. The van der Waals surface area contributed by atoms with Crippen LogP contribution in [0.5, 0.6) is 5.75 Å². The first kappa shape index (κ1) is 16.0. The molecule has 0 N–H and O–H groups in total. The quantitative estimate of drug-likeness (QED) is 0.672. The molecular weight excluding hydrogens is 324 g/mol. The van der Waals surface area contributed by atoms with E-state index in [-0.39, 0.29) is 6.54 Å². The minimum atomic E-state index is 0.159. The van der Waals surface area contributed by atoms with Crippen molar-refractivity contribution in [2.24, 2.45) is 0 Å². The molecule has 5 nitrogen and oxygen atoms in total. The number of hydrogen-bond acceptors (Lipinski definition) is 4. The van der Waals surface area contributed by atoms with Crippen LogP contribution in [0, 0.1) is 18.3 Å². The van der Waals surface area contributed by atoms with Gasteiger partial charge in [-0.1, -0.05) is 11.6 Å². The number of hydrogen-bond donors (Lipinski definition) is 0. The lowest BCUT2D eigenvalue weighted by Gasteiger charge is -2.11. The second-order valence-electron chi connectivity index (χ2n) is 5.33. The Morgan fingerprint density at radius 2 is 2.04 bits per heavy atom. The summed E-state index contributed by atoms with van der Waals surface area (Å²) in [7, 11) is 1.63. The number of methoxy groups -OCH3 is 1. The maximum atomic E-state index is 9.10. The molecule has 0 amide bonds. The monoisotopic (exact) mass is 338 g/mol. The first-order valence-electron chi connectivity index (χ1n) is 7.33. The highest BCUT2D eigenvalue weighted by Crippen LogP contribution is 2.34. The van der Waals surface area contributed by atoms with Crippen LogP contribution in [0.25, 0.3) is 22.4 Å². The predicted octanol–water partition coefficient (Wildman–Crippen LogP) is 4.11. The van der Waals surface area contributed by atoms with Crippen LogP contribution >= 0.6 is 11.6 Å². The average molecular weight is 339 g/mol. The fourth-order valence-electron chi connectivity index (χ4n) is 2.63. The number of ether oxygens (including phenoxy) is 1. The lowest BCUT2D eigenvalue weighted by Crippen LogP contribution is -2.01. The van der Waals surface area contributed by atoms with Crippen molar-refractivity contribution in [3.8, 4) is 34.2 Å². The Balaban J connectivity index is 2.21. The summed E-state index contributed by atoms with van der Waals surface area (Å²) in [6.45, 7) is 2.16. The van der Waals surface area contributed by atoms with Gasteiger partial charge in [-0.05, 0) is 42.8 Å². The third-order valence-corrected chi connectivity index (χ3v) is 3.88. The fourth-order valence-corrected chi connectivity index (χ4v) is 2.74. The summed E-state index contributed by atoms with van der Waals surface area (Å²) >= 11 is 5.88. The summed E-state index contributed by atoms with van der Waals surface area (Å²) in [5.41, 5.74) is 4.63. The Morgan fingerprint density at radius 3 is 2.71 bits per heavy atom. The van der Waals surface area contributed by atoms with Gasteiger partial charge in [0.25, 0.3) is 0 Å². The number of aromatic nitrogens is 3. The topological polar surface area (TPSA) is 63.7 Å². The lowest BCUT2D eigenvalue weighted by molar-refractivity contribution is 0.414. The number of rotatable bonds is 4. The van der Waals surface area contributed by atoms with Crippen molar-refractivity contribution in [3.05, 3.63) is 53.4 Å². The molecule has 0 unspecified atom stereocenters. The first-order valence-corrected chi connectivity index (χ1v) is 7.71. The van der Waals surface area contributed by atoms with Crippen LogP contribution < -0.4 is 4.74 Å². The molecular formula is C18H15ClN4O. The van der Waals surface area contributed by atoms with Crippen molar-refractivity contribution in [3.63, 3.8) is 0 Å². The van der Waals surface area contributed by atoms with Crippen molar-refractivity contribution in [1.82, 2.24) is 14.8 Å². The summed E-state index contributed by atoms with van der Waals surface area (Å²) in [4.78, 5) is 4.14. The summed E-state index contributed by atoms with van der Waals surface area (Å²) in [6.07, 6.45) is 3.44. The molecule has 3 aromatic rings. The highest BCUT2D eigenvalue weighted by atomic mass is 35.5.